The Bertz CT molecular complexity index is 775. The van der Waals surface area contributed by atoms with Crippen LogP contribution >= 0.6 is 11.6 Å². The van der Waals surface area contributed by atoms with Crippen molar-refractivity contribution >= 4 is 17.6 Å². The molecule has 0 unspecified atom stereocenters. The number of aliphatic carboxylic acids is 1. The molecule has 0 saturated carbocycles. The molecule has 0 aliphatic carbocycles. The molecule has 0 aromatic heterocycles. The van der Waals surface area contributed by atoms with Crippen molar-refractivity contribution in [3.8, 4) is 0 Å². The molecular formula is C18H17ClN2O2. The molecule has 0 saturated heterocycles. The van der Waals surface area contributed by atoms with Gasteiger partial charge in [-0.05, 0) is 48.8 Å². The maximum atomic E-state index is 11.7. The Morgan fingerprint density at radius 2 is 2.22 bits per heavy atom. The van der Waals surface area contributed by atoms with Crippen molar-refractivity contribution in [2.24, 2.45) is 0 Å². The predicted molar refractivity (Wildman–Crippen MR) is 90.5 cm³/mol. The van der Waals surface area contributed by atoms with Gasteiger partial charge < -0.3 is 15.3 Å². The Morgan fingerprint density at radius 1 is 1.39 bits per heavy atom. The van der Waals surface area contributed by atoms with Gasteiger partial charge in [-0.25, -0.2) is 4.79 Å². The van der Waals surface area contributed by atoms with Crippen LogP contribution in [0.25, 0.3) is 0 Å². The van der Waals surface area contributed by atoms with E-state index in [2.05, 4.69) is 5.32 Å². The molecule has 118 valence electrons. The molecule has 2 heterocycles. The molecule has 3 rings (SSSR count). The summed E-state index contributed by atoms with van der Waals surface area (Å²) >= 11 is 5.97. The van der Waals surface area contributed by atoms with Gasteiger partial charge in [-0.15, -0.1) is 0 Å². The van der Waals surface area contributed by atoms with Crippen LogP contribution in [0.5, 0.6) is 0 Å². The average Bonchev–Trinajstić information content (AvgIpc) is 2.53. The highest BCUT2D eigenvalue weighted by atomic mass is 35.5. The van der Waals surface area contributed by atoms with Gasteiger partial charge in [-0.2, -0.15) is 0 Å². The minimum absolute atomic E-state index is 0.237. The van der Waals surface area contributed by atoms with Crippen molar-refractivity contribution in [2.75, 3.05) is 0 Å². The van der Waals surface area contributed by atoms with E-state index in [1.165, 1.54) is 0 Å². The van der Waals surface area contributed by atoms with Crippen molar-refractivity contribution in [3.63, 3.8) is 0 Å². The fourth-order valence-electron chi connectivity index (χ4n) is 2.68. The Labute approximate surface area is 140 Å². The zero-order chi connectivity index (χ0) is 16.4. The smallest absolute Gasteiger partial charge is 0.355 e. The van der Waals surface area contributed by atoms with Gasteiger partial charge >= 0.3 is 5.97 Å². The number of hydrogen-bond acceptors (Lipinski definition) is 3. The molecule has 4 nitrogen and oxygen atoms in total. The SMILES string of the molecule is Cc1cc(Cl)ccc1CNC1=C(C(=O)O)N2C=CCC=C2C=C1. The molecule has 2 aliphatic rings. The molecule has 0 spiro atoms. The van der Waals surface area contributed by atoms with Crippen LogP contribution in [0.15, 0.2) is 65.8 Å². The first-order valence-corrected chi connectivity index (χ1v) is 7.74. The Morgan fingerprint density at radius 3 is 2.96 bits per heavy atom. The highest BCUT2D eigenvalue weighted by Gasteiger charge is 2.25. The number of aryl methyl sites for hydroxylation is 1. The van der Waals surface area contributed by atoms with E-state index >= 15 is 0 Å². The zero-order valence-electron chi connectivity index (χ0n) is 12.7. The fourth-order valence-corrected chi connectivity index (χ4v) is 2.90. The maximum Gasteiger partial charge on any atom is 0.355 e. The standard InChI is InChI=1S/C18H17ClN2O2/c1-12-10-14(19)6-5-13(12)11-20-16-8-7-15-4-2-3-9-21(15)17(16)18(22)23/h3-10,20H,2,11H2,1H3,(H,22,23). The number of carboxylic acid groups (broad SMARTS) is 1. The molecule has 5 heteroatoms. The number of halogens is 1. The average molecular weight is 329 g/mol. The number of nitrogens with one attached hydrogen (secondary N) is 1. The predicted octanol–water partition coefficient (Wildman–Crippen LogP) is 3.71. The lowest BCUT2D eigenvalue weighted by Crippen LogP contribution is -2.30. The van der Waals surface area contributed by atoms with E-state index in [4.69, 9.17) is 11.6 Å². The number of carbonyl (C=O) groups is 1. The van der Waals surface area contributed by atoms with E-state index in [1.807, 2.05) is 49.4 Å². The zero-order valence-corrected chi connectivity index (χ0v) is 13.5. The lowest BCUT2D eigenvalue weighted by Gasteiger charge is -2.29. The molecule has 0 fully saturated rings. The molecule has 2 N–H and O–H groups in total. The second-order valence-electron chi connectivity index (χ2n) is 5.44. The van der Waals surface area contributed by atoms with Gasteiger partial charge in [0.15, 0.2) is 5.70 Å². The topological polar surface area (TPSA) is 52.6 Å². The molecule has 2 aliphatic heterocycles. The summed E-state index contributed by atoms with van der Waals surface area (Å²) in [4.78, 5) is 13.4. The summed E-state index contributed by atoms with van der Waals surface area (Å²) < 4.78 is 0. The van der Waals surface area contributed by atoms with Crippen molar-refractivity contribution in [3.05, 3.63) is 81.9 Å². The van der Waals surface area contributed by atoms with Crippen molar-refractivity contribution in [2.45, 2.75) is 19.9 Å². The van der Waals surface area contributed by atoms with E-state index in [-0.39, 0.29) is 5.70 Å². The van der Waals surface area contributed by atoms with Gasteiger partial charge in [0.1, 0.15) is 0 Å². The van der Waals surface area contributed by atoms with Crippen LogP contribution < -0.4 is 5.32 Å². The molecule has 1 aromatic carbocycles. The fraction of sp³-hybridized carbons (Fsp3) is 0.167. The summed E-state index contributed by atoms with van der Waals surface area (Å²) in [7, 11) is 0. The maximum absolute atomic E-state index is 11.7. The molecule has 1 aromatic rings. The molecule has 0 atom stereocenters. The van der Waals surface area contributed by atoms with E-state index in [1.54, 1.807) is 11.1 Å². The third kappa shape index (κ3) is 3.17. The van der Waals surface area contributed by atoms with E-state index < -0.39 is 5.97 Å². The normalized spacial score (nSPS) is 16.3. The number of carboxylic acids is 1. The highest BCUT2D eigenvalue weighted by Crippen LogP contribution is 2.27. The van der Waals surface area contributed by atoms with E-state index in [0.717, 1.165) is 23.2 Å². The van der Waals surface area contributed by atoms with Crippen molar-refractivity contribution in [1.29, 1.82) is 0 Å². The molecule has 0 radical (unpaired) electrons. The Kier molecular flexibility index (Phi) is 4.26. The number of benzene rings is 1. The first-order valence-electron chi connectivity index (χ1n) is 7.37. The van der Waals surface area contributed by atoms with Crippen LogP contribution in [0.1, 0.15) is 17.5 Å². The van der Waals surface area contributed by atoms with Crippen LogP contribution in [-0.4, -0.2) is 16.0 Å². The first-order chi connectivity index (χ1) is 11.1. The number of nitrogens with zero attached hydrogens (tertiary/aromatic N) is 1. The third-order valence-electron chi connectivity index (χ3n) is 3.89. The summed E-state index contributed by atoms with van der Waals surface area (Å²) in [6.45, 7) is 2.52. The number of rotatable bonds is 4. The summed E-state index contributed by atoms with van der Waals surface area (Å²) in [5.41, 5.74) is 3.87. The Balaban J connectivity index is 1.86. The molecule has 23 heavy (non-hydrogen) atoms. The molecule has 0 amide bonds. The molecule has 0 bridgehead atoms. The first kappa shape index (κ1) is 15.4. The van der Waals surface area contributed by atoms with Crippen molar-refractivity contribution in [1.82, 2.24) is 10.2 Å². The second kappa shape index (κ2) is 6.34. The van der Waals surface area contributed by atoms with Crippen LogP contribution in [0, 0.1) is 6.92 Å². The van der Waals surface area contributed by atoms with Gasteiger partial charge in [-0.3, -0.25) is 0 Å². The van der Waals surface area contributed by atoms with Crippen LogP contribution in [0.3, 0.4) is 0 Å². The van der Waals surface area contributed by atoms with E-state index in [0.29, 0.717) is 17.3 Å². The van der Waals surface area contributed by atoms with Crippen molar-refractivity contribution < 1.29 is 9.90 Å². The van der Waals surface area contributed by atoms with Gasteiger partial charge in [0.05, 0.1) is 5.70 Å². The number of allylic oxidation sites excluding steroid dienone is 4. The number of hydrogen-bond donors (Lipinski definition) is 2. The van der Waals surface area contributed by atoms with Gasteiger partial charge in [0.25, 0.3) is 0 Å². The lowest BCUT2D eigenvalue weighted by atomic mass is 10.1. The quantitative estimate of drug-likeness (QED) is 0.884. The van der Waals surface area contributed by atoms with Crippen LogP contribution in [0.2, 0.25) is 5.02 Å². The largest absolute Gasteiger partial charge is 0.476 e. The van der Waals surface area contributed by atoms with Gasteiger partial charge in [0, 0.05) is 23.5 Å². The summed E-state index contributed by atoms with van der Waals surface area (Å²) in [5.74, 6) is -0.956. The van der Waals surface area contributed by atoms with Gasteiger partial charge in [0.2, 0.25) is 0 Å². The lowest BCUT2D eigenvalue weighted by molar-refractivity contribution is -0.134. The third-order valence-corrected chi connectivity index (χ3v) is 4.12. The summed E-state index contributed by atoms with van der Waals surface area (Å²) in [6.07, 6.45) is 10.3. The monoisotopic (exact) mass is 328 g/mol. The molecular weight excluding hydrogens is 312 g/mol. The summed E-state index contributed by atoms with van der Waals surface area (Å²) in [6, 6.07) is 5.68. The minimum Gasteiger partial charge on any atom is -0.476 e. The van der Waals surface area contributed by atoms with Gasteiger partial charge in [-0.1, -0.05) is 29.8 Å². The summed E-state index contributed by atoms with van der Waals surface area (Å²) in [5, 5.41) is 13.5. The van der Waals surface area contributed by atoms with E-state index in [9.17, 15) is 9.90 Å². The Hall–Kier alpha value is -2.46. The van der Waals surface area contributed by atoms with Crippen LogP contribution in [-0.2, 0) is 11.3 Å². The minimum atomic E-state index is -0.956. The second-order valence-corrected chi connectivity index (χ2v) is 5.88. The van der Waals surface area contributed by atoms with Crippen LogP contribution in [0.4, 0.5) is 0 Å². The number of fused-ring (bicyclic) bond motifs is 1. The highest BCUT2D eigenvalue weighted by molar-refractivity contribution is 6.30.